The predicted octanol–water partition coefficient (Wildman–Crippen LogP) is 4.56. The zero-order chi connectivity index (χ0) is 25.1. The van der Waals surface area contributed by atoms with Gasteiger partial charge in [-0.1, -0.05) is 75.2 Å². The van der Waals surface area contributed by atoms with Gasteiger partial charge in [0, 0.05) is 12.0 Å². The van der Waals surface area contributed by atoms with Crippen molar-refractivity contribution in [2.45, 2.75) is 58.0 Å². The maximum atomic E-state index is 13.0. The van der Waals surface area contributed by atoms with Gasteiger partial charge in [-0.2, -0.15) is 0 Å². The number of hydrogen-bond donors (Lipinski definition) is 3. The topological polar surface area (TPSA) is 105 Å². The van der Waals surface area contributed by atoms with Gasteiger partial charge in [0.15, 0.2) is 0 Å². The molecule has 2 aliphatic rings. The van der Waals surface area contributed by atoms with Crippen LogP contribution in [0.3, 0.4) is 0 Å². The molecule has 0 radical (unpaired) electrons. The Morgan fingerprint density at radius 2 is 1.51 bits per heavy atom. The Hall–Kier alpha value is -3.35. The lowest BCUT2D eigenvalue weighted by Gasteiger charge is -2.27. The van der Waals surface area contributed by atoms with Gasteiger partial charge in [0.05, 0.1) is 5.92 Å². The van der Waals surface area contributed by atoms with Crippen molar-refractivity contribution in [3.05, 3.63) is 59.7 Å². The molecule has 3 unspecified atom stereocenters. The molecule has 0 bridgehead atoms. The zero-order valence-corrected chi connectivity index (χ0v) is 20.5. The molecule has 35 heavy (non-hydrogen) atoms. The SMILES string of the molecule is CC(C)C(C(=O)O)C(C)NC(=O)C(CC1CC1)NC(=O)OCC1c2ccccc2-c2ccccc21. The lowest BCUT2D eigenvalue weighted by molar-refractivity contribution is -0.144. The van der Waals surface area contributed by atoms with E-state index in [2.05, 4.69) is 34.9 Å². The summed E-state index contributed by atoms with van der Waals surface area (Å²) in [4.78, 5) is 37.4. The van der Waals surface area contributed by atoms with E-state index in [0.29, 0.717) is 12.3 Å². The van der Waals surface area contributed by atoms with Crippen molar-refractivity contribution in [2.75, 3.05) is 6.61 Å². The molecule has 0 aliphatic heterocycles. The highest BCUT2D eigenvalue weighted by Crippen LogP contribution is 2.44. The fourth-order valence-corrected chi connectivity index (χ4v) is 5.19. The van der Waals surface area contributed by atoms with Crippen LogP contribution in [0.25, 0.3) is 11.1 Å². The van der Waals surface area contributed by atoms with Crippen LogP contribution >= 0.6 is 0 Å². The summed E-state index contributed by atoms with van der Waals surface area (Å²) >= 11 is 0. The second kappa shape index (κ2) is 10.5. The number of ether oxygens (including phenoxy) is 1. The number of carbonyl (C=O) groups excluding carboxylic acids is 2. The number of aliphatic carboxylic acids is 1. The maximum absolute atomic E-state index is 13.0. The third-order valence-corrected chi connectivity index (χ3v) is 7.13. The van der Waals surface area contributed by atoms with E-state index in [-0.39, 0.29) is 24.3 Å². The molecule has 2 aromatic carbocycles. The highest BCUT2D eigenvalue weighted by atomic mass is 16.5. The molecular formula is C28H34N2O5. The summed E-state index contributed by atoms with van der Waals surface area (Å²) in [7, 11) is 0. The number of hydrogen-bond acceptors (Lipinski definition) is 4. The van der Waals surface area contributed by atoms with Gasteiger partial charge in [-0.3, -0.25) is 9.59 Å². The van der Waals surface area contributed by atoms with Gasteiger partial charge in [0.2, 0.25) is 5.91 Å². The Morgan fingerprint density at radius 1 is 0.943 bits per heavy atom. The number of benzene rings is 2. The maximum Gasteiger partial charge on any atom is 0.407 e. The lowest BCUT2D eigenvalue weighted by Crippen LogP contribution is -2.52. The number of carboxylic acids is 1. The fourth-order valence-electron chi connectivity index (χ4n) is 5.19. The van der Waals surface area contributed by atoms with Crippen LogP contribution in [-0.2, 0) is 14.3 Å². The summed E-state index contributed by atoms with van der Waals surface area (Å²) in [5.74, 6) is -1.85. The Kier molecular flexibility index (Phi) is 7.43. The summed E-state index contributed by atoms with van der Waals surface area (Å²) in [6, 6.07) is 14.9. The van der Waals surface area contributed by atoms with Crippen molar-refractivity contribution < 1.29 is 24.2 Å². The van der Waals surface area contributed by atoms with Crippen molar-refractivity contribution in [3.63, 3.8) is 0 Å². The first-order chi connectivity index (χ1) is 16.8. The van der Waals surface area contributed by atoms with Crippen LogP contribution in [0.4, 0.5) is 4.79 Å². The molecule has 0 spiro atoms. The largest absolute Gasteiger partial charge is 0.481 e. The second-order valence-corrected chi connectivity index (χ2v) is 10.1. The van der Waals surface area contributed by atoms with Gasteiger partial charge >= 0.3 is 12.1 Å². The van der Waals surface area contributed by atoms with Gasteiger partial charge in [-0.05, 0) is 47.4 Å². The minimum absolute atomic E-state index is 0.0637. The monoisotopic (exact) mass is 478 g/mol. The van der Waals surface area contributed by atoms with Gasteiger partial charge in [0.25, 0.3) is 0 Å². The second-order valence-electron chi connectivity index (χ2n) is 10.1. The highest BCUT2D eigenvalue weighted by Gasteiger charge is 2.35. The van der Waals surface area contributed by atoms with Gasteiger partial charge in [0.1, 0.15) is 12.6 Å². The Morgan fingerprint density at radius 3 is 2.03 bits per heavy atom. The minimum Gasteiger partial charge on any atom is -0.481 e. The highest BCUT2D eigenvalue weighted by molar-refractivity contribution is 5.86. The molecule has 2 amide bonds. The van der Waals surface area contributed by atoms with Crippen LogP contribution in [-0.4, -0.2) is 41.8 Å². The first kappa shape index (κ1) is 24.8. The summed E-state index contributed by atoms with van der Waals surface area (Å²) in [6.07, 6.45) is 1.92. The van der Waals surface area contributed by atoms with Crippen LogP contribution in [0.15, 0.2) is 48.5 Å². The molecule has 0 heterocycles. The molecule has 4 rings (SSSR count). The fraction of sp³-hybridized carbons (Fsp3) is 0.464. The average molecular weight is 479 g/mol. The van der Waals surface area contributed by atoms with E-state index in [4.69, 9.17) is 4.74 Å². The van der Waals surface area contributed by atoms with E-state index in [1.54, 1.807) is 6.92 Å². The van der Waals surface area contributed by atoms with Gasteiger partial charge in [-0.25, -0.2) is 4.79 Å². The molecule has 7 heteroatoms. The first-order valence-corrected chi connectivity index (χ1v) is 12.4. The average Bonchev–Trinajstić information content (AvgIpc) is 3.57. The van der Waals surface area contributed by atoms with Gasteiger partial charge in [-0.15, -0.1) is 0 Å². The number of nitrogens with one attached hydrogen (secondary N) is 2. The van der Waals surface area contributed by atoms with Crippen LogP contribution in [0.5, 0.6) is 0 Å². The molecule has 2 aromatic rings. The third kappa shape index (κ3) is 5.66. The molecule has 1 saturated carbocycles. The number of amides is 2. The van der Waals surface area contributed by atoms with E-state index >= 15 is 0 Å². The Bertz CT molecular complexity index is 1050. The van der Waals surface area contributed by atoms with Crippen molar-refractivity contribution in [3.8, 4) is 11.1 Å². The van der Waals surface area contributed by atoms with E-state index in [9.17, 15) is 19.5 Å². The van der Waals surface area contributed by atoms with Crippen molar-refractivity contribution in [1.82, 2.24) is 10.6 Å². The molecule has 3 N–H and O–H groups in total. The first-order valence-electron chi connectivity index (χ1n) is 12.4. The Labute approximate surface area is 206 Å². The molecule has 2 aliphatic carbocycles. The standard InChI is InChI=1S/C28H34N2O5/c1-16(2)25(27(32)33)17(3)29-26(31)24(14-18-12-13-18)30-28(34)35-15-23-21-10-6-4-8-19(21)20-9-5-7-11-22(20)23/h4-11,16-18,23-25H,12-15H2,1-3H3,(H,29,31)(H,30,34)(H,32,33). The van der Waals surface area contributed by atoms with E-state index in [1.165, 1.54) is 0 Å². The van der Waals surface area contributed by atoms with Gasteiger partial charge < -0.3 is 20.5 Å². The predicted molar refractivity (Wildman–Crippen MR) is 133 cm³/mol. The summed E-state index contributed by atoms with van der Waals surface area (Å²) < 4.78 is 5.63. The molecule has 0 saturated heterocycles. The van der Waals surface area contributed by atoms with Crippen molar-refractivity contribution in [2.24, 2.45) is 17.8 Å². The summed E-state index contributed by atoms with van der Waals surface area (Å²) in [5.41, 5.74) is 4.54. The van der Waals surface area contributed by atoms with Crippen molar-refractivity contribution >= 4 is 18.0 Å². The zero-order valence-electron chi connectivity index (χ0n) is 20.5. The van der Waals surface area contributed by atoms with Crippen molar-refractivity contribution in [1.29, 1.82) is 0 Å². The molecule has 7 nitrogen and oxygen atoms in total. The number of rotatable bonds is 10. The lowest BCUT2D eigenvalue weighted by atomic mass is 9.89. The third-order valence-electron chi connectivity index (χ3n) is 7.13. The molecule has 0 aromatic heterocycles. The summed E-state index contributed by atoms with van der Waals surface area (Å²) in [6.45, 7) is 5.50. The number of alkyl carbamates (subject to hydrolysis) is 1. The normalized spacial score (nSPS) is 17.1. The minimum atomic E-state index is -0.948. The number of carbonyl (C=O) groups is 3. The van der Waals surface area contributed by atoms with E-state index < -0.39 is 30.1 Å². The quantitative estimate of drug-likeness (QED) is 0.465. The number of fused-ring (bicyclic) bond motifs is 3. The van der Waals surface area contributed by atoms with Crippen LogP contribution in [0.1, 0.15) is 57.1 Å². The molecule has 186 valence electrons. The molecule has 1 fully saturated rings. The molecule has 3 atom stereocenters. The Balaban J connectivity index is 1.40. The van der Waals surface area contributed by atoms with Crippen LogP contribution in [0, 0.1) is 17.8 Å². The molecular weight excluding hydrogens is 444 g/mol. The van der Waals surface area contributed by atoms with E-state index in [1.807, 2.05) is 38.1 Å². The van der Waals surface area contributed by atoms with E-state index in [0.717, 1.165) is 35.1 Å². The summed E-state index contributed by atoms with van der Waals surface area (Å²) in [5, 5.41) is 15.1. The van der Waals surface area contributed by atoms with Crippen LogP contribution in [0.2, 0.25) is 0 Å². The van der Waals surface area contributed by atoms with Crippen LogP contribution < -0.4 is 10.6 Å². The number of carboxylic acid groups (broad SMARTS) is 1. The smallest absolute Gasteiger partial charge is 0.407 e.